The molecule has 32 heavy (non-hydrogen) atoms. The highest BCUT2D eigenvalue weighted by Gasteiger charge is 2.29. The highest BCUT2D eigenvalue weighted by Crippen LogP contribution is 2.44. The van der Waals surface area contributed by atoms with Gasteiger partial charge >= 0.3 is 12.1 Å². The Kier molecular flexibility index (Phi) is 7.83. The summed E-state index contributed by atoms with van der Waals surface area (Å²) in [6.45, 7) is 1.37. The summed E-state index contributed by atoms with van der Waals surface area (Å²) in [4.78, 5) is 35.6. The first-order chi connectivity index (χ1) is 15.4. The van der Waals surface area contributed by atoms with Crippen LogP contribution in [0.5, 0.6) is 0 Å². The number of carbonyl (C=O) groups excluding carboxylic acids is 2. The third-order valence-corrected chi connectivity index (χ3v) is 5.55. The number of carboxylic acid groups (broad SMARTS) is 1. The second-order valence-corrected chi connectivity index (χ2v) is 7.80. The Hall–Kier alpha value is -3.39. The molecule has 0 aromatic heterocycles. The Bertz CT molecular complexity index is 931. The number of hydrogen-bond donors (Lipinski definition) is 4. The quantitative estimate of drug-likeness (QED) is 0.450. The van der Waals surface area contributed by atoms with Gasteiger partial charge in [0.05, 0.1) is 6.61 Å². The van der Waals surface area contributed by atoms with Gasteiger partial charge in [0.2, 0.25) is 5.91 Å². The summed E-state index contributed by atoms with van der Waals surface area (Å²) < 4.78 is 5.52. The second kappa shape index (κ2) is 10.8. The van der Waals surface area contributed by atoms with E-state index >= 15 is 0 Å². The van der Waals surface area contributed by atoms with Gasteiger partial charge in [-0.15, -0.1) is 0 Å². The average molecular weight is 440 g/mol. The van der Waals surface area contributed by atoms with Gasteiger partial charge in [-0.25, -0.2) is 9.59 Å². The lowest BCUT2D eigenvalue weighted by molar-refractivity contribution is -0.143. The van der Waals surface area contributed by atoms with Crippen LogP contribution in [0.4, 0.5) is 4.79 Å². The molecule has 0 heterocycles. The summed E-state index contributed by atoms with van der Waals surface area (Å²) in [6, 6.07) is 14.2. The molecular weight excluding hydrogens is 412 g/mol. The number of benzene rings is 2. The molecular formula is C24H28N2O6. The number of aliphatic hydroxyl groups excluding tert-OH is 1. The van der Waals surface area contributed by atoms with Gasteiger partial charge < -0.3 is 25.6 Å². The third-order valence-electron chi connectivity index (χ3n) is 5.55. The Morgan fingerprint density at radius 2 is 1.59 bits per heavy atom. The summed E-state index contributed by atoms with van der Waals surface area (Å²) in [5, 5.41) is 23.0. The molecule has 0 saturated carbocycles. The number of fused-ring (bicyclic) bond motifs is 3. The topological polar surface area (TPSA) is 125 Å². The Balaban J connectivity index is 1.59. The standard InChI is InChI=1S/C24H28N2O6/c1-2-7-15(12-22(28)26-21(13-27)23(29)30)25-24(31)32-14-20-18-10-5-3-8-16(18)17-9-4-6-11-19(17)20/h3-6,8-11,15,20-21,27H,2,7,12-14H2,1H3,(H,25,31)(H,26,28)(H,29,30)/t15-,21-/m0/s1. The van der Waals surface area contributed by atoms with Crippen LogP contribution >= 0.6 is 0 Å². The minimum Gasteiger partial charge on any atom is -0.480 e. The van der Waals surface area contributed by atoms with E-state index in [1.165, 1.54) is 0 Å². The van der Waals surface area contributed by atoms with Crippen LogP contribution in [0.15, 0.2) is 48.5 Å². The maximum Gasteiger partial charge on any atom is 0.407 e. The molecule has 170 valence electrons. The molecule has 1 aliphatic rings. The zero-order valence-corrected chi connectivity index (χ0v) is 17.9. The molecule has 0 saturated heterocycles. The van der Waals surface area contributed by atoms with Gasteiger partial charge in [-0.2, -0.15) is 0 Å². The van der Waals surface area contributed by atoms with E-state index in [0.29, 0.717) is 12.8 Å². The largest absolute Gasteiger partial charge is 0.480 e. The summed E-state index contributed by atoms with van der Waals surface area (Å²) in [5.74, 6) is -1.96. The van der Waals surface area contributed by atoms with Crippen molar-refractivity contribution < 1.29 is 29.3 Å². The Morgan fingerprint density at radius 3 is 2.12 bits per heavy atom. The molecule has 8 nitrogen and oxygen atoms in total. The molecule has 4 N–H and O–H groups in total. The lowest BCUT2D eigenvalue weighted by Crippen LogP contribution is -2.46. The fourth-order valence-electron chi connectivity index (χ4n) is 4.04. The number of carboxylic acids is 1. The SMILES string of the molecule is CCC[C@@H](CC(=O)N[C@@H](CO)C(=O)O)NC(=O)OCC1c2ccccc2-c2ccccc21. The van der Waals surface area contributed by atoms with E-state index in [9.17, 15) is 14.4 Å². The molecule has 8 heteroatoms. The molecule has 0 radical (unpaired) electrons. The number of nitrogens with one attached hydrogen (secondary N) is 2. The van der Waals surface area contributed by atoms with Crippen molar-refractivity contribution in [1.29, 1.82) is 0 Å². The van der Waals surface area contributed by atoms with Gasteiger partial charge in [0, 0.05) is 18.4 Å². The van der Waals surface area contributed by atoms with Gasteiger partial charge in [-0.3, -0.25) is 4.79 Å². The fraction of sp³-hybridized carbons (Fsp3) is 0.375. The smallest absolute Gasteiger partial charge is 0.407 e. The zero-order valence-electron chi connectivity index (χ0n) is 17.9. The molecule has 0 spiro atoms. The molecule has 2 amide bonds. The number of amides is 2. The molecule has 2 atom stereocenters. The predicted octanol–water partition coefficient (Wildman–Crippen LogP) is 2.65. The fourth-order valence-corrected chi connectivity index (χ4v) is 4.04. The van der Waals surface area contributed by atoms with Crippen LogP contribution in [-0.2, 0) is 14.3 Å². The van der Waals surface area contributed by atoms with Crippen LogP contribution in [0.25, 0.3) is 11.1 Å². The van der Waals surface area contributed by atoms with E-state index in [4.69, 9.17) is 14.9 Å². The number of rotatable bonds is 10. The first-order valence-electron chi connectivity index (χ1n) is 10.7. The molecule has 2 aromatic carbocycles. The lowest BCUT2D eigenvalue weighted by Gasteiger charge is -2.20. The third kappa shape index (κ3) is 5.45. The van der Waals surface area contributed by atoms with Gasteiger partial charge in [-0.05, 0) is 28.7 Å². The molecule has 1 aliphatic carbocycles. The highest BCUT2D eigenvalue weighted by molar-refractivity contribution is 5.84. The maximum atomic E-state index is 12.5. The zero-order chi connectivity index (χ0) is 23.1. The van der Waals surface area contributed by atoms with Crippen molar-refractivity contribution in [3.63, 3.8) is 0 Å². The monoisotopic (exact) mass is 440 g/mol. The van der Waals surface area contributed by atoms with E-state index in [0.717, 1.165) is 22.3 Å². The number of alkyl carbamates (subject to hydrolysis) is 1. The first kappa shape index (κ1) is 23.3. The Labute approximate surface area is 186 Å². The average Bonchev–Trinajstić information content (AvgIpc) is 3.10. The number of ether oxygens (including phenoxy) is 1. The summed E-state index contributed by atoms with van der Waals surface area (Å²) >= 11 is 0. The van der Waals surface area contributed by atoms with Crippen molar-refractivity contribution in [1.82, 2.24) is 10.6 Å². The summed E-state index contributed by atoms with van der Waals surface area (Å²) in [6.07, 6.45) is 0.496. The maximum absolute atomic E-state index is 12.5. The van der Waals surface area contributed by atoms with Gasteiger partial charge in [0.15, 0.2) is 0 Å². The number of hydrogen-bond acceptors (Lipinski definition) is 5. The number of carbonyl (C=O) groups is 3. The van der Waals surface area contributed by atoms with E-state index in [2.05, 4.69) is 22.8 Å². The minimum absolute atomic E-state index is 0.0676. The van der Waals surface area contributed by atoms with E-state index < -0.39 is 36.7 Å². The van der Waals surface area contributed by atoms with Crippen molar-refractivity contribution in [2.45, 2.75) is 44.2 Å². The molecule has 0 bridgehead atoms. The van der Waals surface area contributed by atoms with Crippen molar-refractivity contribution in [2.75, 3.05) is 13.2 Å². The molecule has 2 aromatic rings. The van der Waals surface area contributed by atoms with Crippen LogP contribution in [-0.4, -0.2) is 53.5 Å². The number of aliphatic hydroxyl groups is 1. The van der Waals surface area contributed by atoms with E-state index in [1.54, 1.807) is 0 Å². The number of aliphatic carboxylic acids is 1. The van der Waals surface area contributed by atoms with Crippen molar-refractivity contribution in [2.24, 2.45) is 0 Å². The summed E-state index contributed by atoms with van der Waals surface area (Å²) in [7, 11) is 0. The summed E-state index contributed by atoms with van der Waals surface area (Å²) in [5.41, 5.74) is 4.48. The van der Waals surface area contributed by atoms with Gasteiger partial charge in [-0.1, -0.05) is 61.9 Å². The van der Waals surface area contributed by atoms with Crippen LogP contribution in [0.3, 0.4) is 0 Å². The molecule has 3 rings (SSSR count). The minimum atomic E-state index is -1.38. The first-order valence-corrected chi connectivity index (χ1v) is 10.7. The molecule has 0 aliphatic heterocycles. The normalized spacial score (nSPS) is 14.1. The highest BCUT2D eigenvalue weighted by atomic mass is 16.5. The van der Waals surface area contributed by atoms with Crippen LogP contribution in [0.2, 0.25) is 0 Å². The van der Waals surface area contributed by atoms with E-state index in [1.807, 2.05) is 43.3 Å². The van der Waals surface area contributed by atoms with Crippen molar-refractivity contribution in [3.05, 3.63) is 59.7 Å². The van der Waals surface area contributed by atoms with Crippen molar-refractivity contribution in [3.8, 4) is 11.1 Å². The predicted molar refractivity (Wildman–Crippen MR) is 118 cm³/mol. The Morgan fingerprint density at radius 1 is 1.00 bits per heavy atom. The lowest BCUT2D eigenvalue weighted by atomic mass is 9.98. The van der Waals surface area contributed by atoms with Gasteiger partial charge in [0.25, 0.3) is 0 Å². The van der Waals surface area contributed by atoms with Gasteiger partial charge in [0.1, 0.15) is 12.6 Å². The van der Waals surface area contributed by atoms with Crippen LogP contribution in [0, 0.1) is 0 Å². The van der Waals surface area contributed by atoms with Crippen LogP contribution < -0.4 is 10.6 Å². The van der Waals surface area contributed by atoms with Crippen molar-refractivity contribution >= 4 is 18.0 Å². The second-order valence-electron chi connectivity index (χ2n) is 7.80. The van der Waals surface area contributed by atoms with E-state index in [-0.39, 0.29) is 18.9 Å². The molecule has 0 unspecified atom stereocenters. The van der Waals surface area contributed by atoms with Crippen LogP contribution in [0.1, 0.15) is 43.2 Å². The molecule has 0 fully saturated rings.